The van der Waals surface area contributed by atoms with Gasteiger partial charge in [0.05, 0.1) is 0 Å². The number of phenols is 2. The first-order valence-corrected chi connectivity index (χ1v) is 5.47. The Hall–Kier alpha value is -2.50. The van der Waals surface area contributed by atoms with Crippen molar-refractivity contribution in [3.05, 3.63) is 34.4 Å². The summed E-state index contributed by atoms with van der Waals surface area (Å²) in [6, 6.07) is 3.60. The second kappa shape index (κ2) is 4.01. The van der Waals surface area contributed by atoms with Crippen molar-refractivity contribution in [3.8, 4) is 11.5 Å². The van der Waals surface area contributed by atoms with E-state index >= 15 is 0 Å². The number of carbonyl (C=O) groups is 1. The monoisotopic (exact) mass is 264 g/mol. The minimum atomic E-state index is -1.39. The van der Waals surface area contributed by atoms with Gasteiger partial charge in [0, 0.05) is 6.07 Å². The Bertz CT molecular complexity index is 726. The molecule has 19 heavy (non-hydrogen) atoms. The second-order valence-corrected chi connectivity index (χ2v) is 4.76. The average molecular weight is 264 g/mol. The molecule has 0 amide bonds. The van der Waals surface area contributed by atoms with Gasteiger partial charge in [-0.25, -0.2) is 4.79 Å². The van der Waals surface area contributed by atoms with E-state index < -0.39 is 22.8 Å². The van der Waals surface area contributed by atoms with Crippen LogP contribution in [0, 0.1) is 0 Å². The van der Waals surface area contributed by atoms with Crippen LogP contribution in [0.5, 0.6) is 11.5 Å². The highest BCUT2D eigenvalue weighted by atomic mass is 16.4. The van der Waals surface area contributed by atoms with Crippen molar-refractivity contribution in [2.24, 2.45) is 0 Å². The van der Waals surface area contributed by atoms with Crippen molar-refractivity contribution < 1.29 is 24.5 Å². The van der Waals surface area contributed by atoms with Crippen LogP contribution >= 0.6 is 0 Å². The number of hydrogen-bond donors (Lipinski definition) is 3. The lowest BCUT2D eigenvalue weighted by atomic mass is 9.89. The van der Waals surface area contributed by atoms with Crippen molar-refractivity contribution in [1.82, 2.24) is 0 Å². The summed E-state index contributed by atoms with van der Waals surface area (Å²) in [5.74, 6) is -1.85. The summed E-state index contributed by atoms with van der Waals surface area (Å²) in [6.45, 7) is 2.78. The van der Waals surface area contributed by atoms with E-state index in [0.29, 0.717) is 0 Å². The molecule has 0 radical (unpaired) electrons. The van der Waals surface area contributed by atoms with E-state index in [2.05, 4.69) is 0 Å². The van der Waals surface area contributed by atoms with Gasteiger partial charge in [-0.15, -0.1) is 0 Å². The third-order valence-electron chi connectivity index (χ3n) is 2.98. The zero-order chi connectivity index (χ0) is 14.4. The van der Waals surface area contributed by atoms with Crippen molar-refractivity contribution in [2.75, 3.05) is 0 Å². The van der Waals surface area contributed by atoms with Crippen molar-refractivity contribution in [1.29, 1.82) is 0 Å². The molecule has 1 aromatic carbocycles. The smallest absolute Gasteiger partial charge is 0.347 e. The largest absolute Gasteiger partial charge is 0.508 e. The molecule has 0 saturated heterocycles. The maximum atomic E-state index is 11.8. The first-order chi connectivity index (χ1) is 8.73. The predicted molar refractivity (Wildman–Crippen MR) is 66.5 cm³/mol. The molecule has 3 N–H and O–H groups in total. The zero-order valence-corrected chi connectivity index (χ0v) is 10.3. The number of phenolic OH excluding ortho intramolecular Hbond substituents is 2. The van der Waals surface area contributed by atoms with Gasteiger partial charge in [-0.05, 0) is 31.4 Å². The molecule has 0 atom stereocenters. The predicted octanol–water partition coefficient (Wildman–Crippen LogP) is 1.57. The first-order valence-electron chi connectivity index (χ1n) is 5.47. The third-order valence-corrected chi connectivity index (χ3v) is 2.98. The Balaban J connectivity index is 2.83. The summed E-state index contributed by atoms with van der Waals surface area (Å²) in [5, 5.41) is 28.2. The van der Waals surface area contributed by atoms with Gasteiger partial charge >= 0.3 is 11.6 Å². The van der Waals surface area contributed by atoms with Gasteiger partial charge in [0.1, 0.15) is 28.1 Å². The molecule has 6 nitrogen and oxygen atoms in total. The van der Waals surface area contributed by atoms with Crippen molar-refractivity contribution >= 4 is 16.7 Å². The standard InChI is InChI=1S/C13H12O6/c1-13(2,12(17)18)9-4-6-3-7(14)5-8(15)10(6)11(16)19-9/h3-5,14-15H,1-2H3,(H,17,18). The number of aromatic hydroxyl groups is 2. The number of benzene rings is 1. The fourth-order valence-electron chi connectivity index (χ4n) is 1.70. The highest BCUT2D eigenvalue weighted by Gasteiger charge is 2.33. The Labute approximate surface area is 107 Å². The molecule has 2 rings (SSSR count). The molecule has 0 aliphatic rings. The molecule has 1 heterocycles. The normalized spacial score (nSPS) is 11.7. The van der Waals surface area contributed by atoms with E-state index in [1.165, 1.54) is 26.0 Å². The van der Waals surface area contributed by atoms with Crippen molar-refractivity contribution in [3.63, 3.8) is 0 Å². The number of carboxylic acids is 1. The van der Waals surface area contributed by atoms with Gasteiger partial charge in [0.2, 0.25) is 0 Å². The van der Waals surface area contributed by atoms with Crippen LogP contribution in [0.25, 0.3) is 10.8 Å². The van der Waals surface area contributed by atoms with Crippen LogP contribution < -0.4 is 5.63 Å². The van der Waals surface area contributed by atoms with E-state index in [4.69, 9.17) is 9.52 Å². The van der Waals surface area contributed by atoms with Crippen LogP contribution in [0.2, 0.25) is 0 Å². The minimum Gasteiger partial charge on any atom is -0.508 e. The summed E-state index contributed by atoms with van der Waals surface area (Å²) in [7, 11) is 0. The van der Waals surface area contributed by atoms with Crippen LogP contribution in [0.15, 0.2) is 27.4 Å². The first kappa shape index (κ1) is 12.9. The Morgan fingerprint density at radius 3 is 2.42 bits per heavy atom. The second-order valence-electron chi connectivity index (χ2n) is 4.76. The number of fused-ring (bicyclic) bond motifs is 1. The molecule has 0 unspecified atom stereocenters. The van der Waals surface area contributed by atoms with Crippen molar-refractivity contribution in [2.45, 2.75) is 19.3 Å². The molecule has 0 bridgehead atoms. The zero-order valence-electron chi connectivity index (χ0n) is 10.3. The lowest BCUT2D eigenvalue weighted by Gasteiger charge is -2.17. The van der Waals surface area contributed by atoms with Crippen LogP contribution in [0.4, 0.5) is 0 Å². The molecule has 2 aromatic rings. The van der Waals surface area contributed by atoms with Crippen LogP contribution in [0.1, 0.15) is 19.6 Å². The molecular formula is C13H12O6. The lowest BCUT2D eigenvalue weighted by Crippen LogP contribution is -2.29. The van der Waals surface area contributed by atoms with E-state index in [-0.39, 0.29) is 22.3 Å². The fraction of sp³-hybridized carbons (Fsp3) is 0.231. The molecule has 0 aliphatic carbocycles. The summed E-state index contributed by atoms with van der Waals surface area (Å²) in [6.07, 6.45) is 0. The van der Waals surface area contributed by atoms with Gasteiger partial charge in [0.15, 0.2) is 0 Å². The molecule has 0 saturated carbocycles. The summed E-state index contributed by atoms with van der Waals surface area (Å²) in [4.78, 5) is 22.9. The summed E-state index contributed by atoms with van der Waals surface area (Å²) < 4.78 is 4.96. The van der Waals surface area contributed by atoms with Gasteiger partial charge in [-0.1, -0.05) is 0 Å². The Morgan fingerprint density at radius 1 is 1.21 bits per heavy atom. The quantitative estimate of drug-likeness (QED) is 0.759. The number of rotatable bonds is 2. The van der Waals surface area contributed by atoms with E-state index in [1.54, 1.807) is 0 Å². The average Bonchev–Trinajstić information content (AvgIpc) is 2.26. The van der Waals surface area contributed by atoms with Gasteiger partial charge in [-0.3, -0.25) is 4.79 Å². The van der Waals surface area contributed by atoms with Gasteiger partial charge < -0.3 is 19.7 Å². The minimum absolute atomic E-state index is 0.0532. The lowest BCUT2D eigenvalue weighted by molar-refractivity contribution is -0.143. The topological polar surface area (TPSA) is 108 Å². The Morgan fingerprint density at radius 2 is 1.84 bits per heavy atom. The fourth-order valence-corrected chi connectivity index (χ4v) is 1.70. The molecular weight excluding hydrogens is 252 g/mol. The molecule has 0 spiro atoms. The van der Waals surface area contributed by atoms with Crippen LogP contribution in [-0.2, 0) is 10.2 Å². The number of carboxylic acid groups (broad SMARTS) is 1. The van der Waals surface area contributed by atoms with Gasteiger partial charge in [-0.2, -0.15) is 0 Å². The molecule has 100 valence electrons. The van der Waals surface area contributed by atoms with E-state index in [0.717, 1.165) is 6.07 Å². The summed E-state index contributed by atoms with van der Waals surface area (Å²) in [5.41, 5.74) is -2.24. The Kier molecular flexibility index (Phi) is 2.73. The van der Waals surface area contributed by atoms with Crippen LogP contribution in [-0.4, -0.2) is 21.3 Å². The molecule has 0 fully saturated rings. The van der Waals surface area contributed by atoms with Gasteiger partial charge in [0.25, 0.3) is 0 Å². The third kappa shape index (κ3) is 2.01. The van der Waals surface area contributed by atoms with E-state index in [9.17, 15) is 19.8 Å². The van der Waals surface area contributed by atoms with E-state index in [1.807, 2.05) is 0 Å². The highest BCUT2D eigenvalue weighted by molar-refractivity contribution is 5.89. The molecule has 1 aromatic heterocycles. The molecule has 6 heteroatoms. The maximum Gasteiger partial charge on any atom is 0.347 e. The van der Waals surface area contributed by atoms with Crippen LogP contribution in [0.3, 0.4) is 0 Å². The summed E-state index contributed by atoms with van der Waals surface area (Å²) >= 11 is 0. The number of hydrogen-bond acceptors (Lipinski definition) is 5. The molecule has 0 aliphatic heterocycles. The number of aliphatic carboxylic acids is 1. The SMILES string of the molecule is CC(C)(C(=O)O)c1cc2cc(O)cc(O)c2c(=O)o1. The highest BCUT2D eigenvalue weighted by Crippen LogP contribution is 2.31. The maximum absolute atomic E-state index is 11.8.